The molecule has 1 saturated heterocycles. The molecule has 1 spiro atoms. The molecular weight excluding hydrogens is 148 g/mol. The average molecular weight is 168 g/mol. The monoisotopic (exact) mass is 168 g/mol. The number of nitrogens with zero attached hydrogens (tertiary/aromatic N) is 1. The van der Waals surface area contributed by atoms with Gasteiger partial charge in [-0.25, -0.2) is 0 Å². The normalized spacial score (nSPS) is 43.8. The van der Waals surface area contributed by atoms with E-state index in [0.29, 0.717) is 5.41 Å². The van der Waals surface area contributed by atoms with Crippen LogP contribution in [0, 0.1) is 17.3 Å². The van der Waals surface area contributed by atoms with Crippen LogP contribution in [-0.4, -0.2) is 31.6 Å². The van der Waals surface area contributed by atoms with Crippen molar-refractivity contribution in [1.82, 2.24) is 4.90 Å². The summed E-state index contributed by atoms with van der Waals surface area (Å²) in [7, 11) is 2.23. The average Bonchev–Trinajstić information content (AvgIpc) is 2.62. The molecule has 2 heteroatoms. The molecule has 0 bridgehead atoms. The molecule has 0 radical (unpaired) electrons. The van der Waals surface area contributed by atoms with Gasteiger partial charge < -0.3 is 10.6 Å². The maximum absolute atomic E-state index is 5.68. The summed E-state index contributed by atoms with van der Waals surface area (Å²) in [4.78, 5) is 2.46. The topological polar surface area (TPSA) is 29.3 Å². The van der Waals surface area contributed by atoms with Crippen molar-refractivity contribution in [3.05, 3.63) is 0 Å². The van der Waals surface area contributed by atoms with Crippen LogP contribution in [0.15, 0.2) is 0 Å². The second-order valence-electron chi connectivity index (χ2n) is 4.87. The van der Waals surface area contributed by atoms with Gasteiger partial charge in [0.1, 0.15) is 0 Å². The lowest BCUT2D eigenvalue weighted by Gasteiger charge is -2.13. The van der Waals surface area contributed by atoms with Crippen molar-refractivity contribution in [2.24, 2.45) is 23.0 Å². The Labute approximate surface area is 75.1 Å². The van der Waals surface area contributed by atoms with Crippen molar-refractivity contribution >= 4 is 0 Å². The number of hydrogen-bond acceptors (Lipinski definition) is 2. The van der Waals surface area contributed by atoms with Gasteiger partial charge in [0.2, 0.25) is 0 Å². The van der Waals surface area contributed by atoms with Crippen LogP contribution in [0.3, 0.4) is 0 Å². The molecule has 1 saturated carbocycles. The highest BCUT2D eigenvalue weighted by molar-refractivity contribution is 5.08. The molecule has 2 aliphatic rings. The minimum absolute atomic E-state index is 0.702. The quantitative estimate of drug-likeness (QED) is 0.664. The molecule has 0 amide bonds. The van der Waals surface area contributed by atoms with E-state index in [1.165, 1.54) is 25.9 Å². The van der Waals surface area contributed by atoms with Crippen molar-refractivity contribution in [2.45, 2.75) is 19.8 Å². The molecule has 0 aromatic carbocycles. The first-order valence-electron chi connectivity index (χ1n) is 5.06. The van der Waals surface area contributed by atoms with Gasteiger partial charge in [-0.1, -0.05) is 6.92 Å². The Kier molecular flexibility index (Phi) is 1.92. The molecule has 2 N–H and O–H groups in total. The highest BCUT2D eigenvalue weighted by atomic mass is 15.1. The fourth-order valence-electron chi connectivity index (χ4n) is 2.93. The van der Waals surface area contributed by atoms with Gasteiger partial charge in [-0.15, -0.1) is 0 Å². The molecule has 2 fully saturated rings. The van der Waals surface area contributed by atoms with Crippen LogP contribution in [0.1, 0.15) is 19.8 Å². The van der Waals surface area contributed by atoms with Gasteiger partial charge in [-0.3, -0.25) is 0 Å². The lowest BCUT2D eigenvalue weighted by atomic mass is 9.95. The molecular formula is C10H20N2. The van der Waals surface area contributed by atoms with Gasteiger partial charge in [-0.2, -0.15) is 0 Å². The molecule has 0 aromatic rings. The lowest BCUT2D eigenvalue weighted by molar-refractivity contribution is 0.350. The Morgan fingerprint density at radius 2 is 2.42 bits per heavy atom. The molecule has 2 nitrogen and oxygen atoms in total. The summed E-state index contributed by atoms with van der Waals surface area (Å²) in [6, 6.07) is 0. The zero-order chi connectivity index (χ0) is 8.77. The third-order valence-corrected chi connectivity index (χ3v) is 3.89. The largest absolute Gasteiger partial charge is 0.330 e. The predicted molar refractivity (Wildman–Crippen MR) is 50.9 cm³/mol. The Bertz CT molecular complexity index is 181. The molecule has 1 heterocycles. The first-order valence-corrected chi connectivity index (χ1v) is 5.06. The van der Waals surface area contributed by atoms with Crippen molar-refractivity contribution in [3.63, 3.8) is 0 Å². The SMILES string of the molecule is CC(CN)C1CC12CCN(C)C2. The summed E-state index contributed by atoms with van der Waals surface area (Å²) in [6.07, 6.45) is 2.86. The number of likely N-dealkylation sites (tertiary alicyclic amines) is 1. The fraction of sp³-hybridized carbons (Fsp3) is 1.00. The molecule has 3 unspecified atom stereocenters. The maximum Gasteiger partial charge on any atom is 0.00383 e. The Balaban J connectivity index is 1.93. The van der Waals surface area contributed by atoms with E-state index in [0.717, 1.165) is 18.4 Å². The van der Waals surface area contributed by atoms with Crippen molar-refractivity contribution in [2.75, 3.05) is 26.7 Å². The Morgan fingerprint density at radius 3 is 2.92 bits per heavy atom. The van der Waals surface area contributed by atoms with E-state index in [-0.39, 0.29) is 0 Å². The predicted octanol–water partition coefficient (Wildman–Crippen LogP) is 0.923. The molecule has 3 atom stereocenters. The van der Waals surface area contributed by atoms with Crippen molar-refractivity contribution in [3.8, 4) is 0 Å². The highest BCUT2D eigenvalue weighted by Gasteiger charge is 2.57. The van der Waals surface area contributed by atoms with Crippen LogP contribution >= 0.6 is 0 Å². The van der Waals surface area contributed by atoms with Crippen LogP contribution in [0.2, 0.25) is 0 Å². The van der Waals surface area contributed by atoms with Crippen LogP contribution in [0.4, 0.5) is 0 Å². The van der Waals surface area contributed by atoms with Gasteiger partial charge >= 0.3 is 0 Å². The summed E-state index contributed by atoms with van der Waals surface area (Å²) in [5, 5.41) is 0. The Hall–Kier alpha value is -0.0800. The molecule has 0 aromatic heterocycles. The second kappa shape index (κ2) is 2.71. The third-order valence-electron chi connectivity index (χ3n) is 3.89. The van der Waals surface area contributed by atoms with E-state index in [1.54, 1.807) is 0 Å². The molecule has 12 heavy (non-hydrogen) atoms. The smallest absolute Gasteiger partial charge is 0.00383 e. The zero-order valence-corrected chi connectivity index (χ0v) is 8.21. The number of nitrogens with two attached hydrogens (primary N) is 1. The summed E-state index contributed by atoms with van der Waals surface area (Å²) >= 11 is 0. The standard InChI is InChI=1S/C10H20N2/c1-8(6-11)9-5-10(9)3-4-12(2)7-10/h8-9H,3-7,11H2,1-2H3. The van der Waals surface area contributed by atoms with Gasteiger partial charge in [0.15, 0.2) is 0 Å². The van der Waals surface area contributed by atoms with Crippen molar-refractivity contribution in [1.29, 1.82) is 0 Å². The summed E-state index contributed by atoms with van der Waals surface area (Å²) < 4.78 is 0. The van der Waals surface area contributed by atoms with Crippen molar-refractivity contribution < 1.29 is 0 Å². The van der Waals surface area contributed by atoms with E-state index in [2.05, 4.69) is 18.9 Å². The first kappa shape index (κ1) is 8.52. The summed E-state index contributed by atoms with van der Waals surface area (Å²) in [5.41, 5.74) is 6.39. The first-order chi connectivity index (χ1) is 5.68. The Morgan fingerprint density at radius 1 is 1.67 bits per heavy atom. The minimum Gasteiger partial charge on any atom is -0.330 e. The van der Waals surface area contributed by atoms with Gasteiger partial charge in [0.25, 0.3) is 0 Å². The van der Waals surface area contributed by atoms with E-state index in [4.69, 9.17) is 5.73 Å². The molecule has 1 aliphatic heterocycles. The molecule has 70 valence electrons. The maximum atomic E-state index is 5.68. The van der Waals surface area contributed by atoms with Crippen LogP contribution in [0.25, 0.3) is 0 Å². The highest BCUT2D eigenvalue weighted by Crippen LogP contribution is 2.61. The van der Waals surface area contributed by atoms with E-state index < -0.39 is 0 Å². The minimum atomic E-state index is 0.702. The van der Waals surface area contributed by atoms with E-state index in [9.17, 15) is 0 Å². The van der Waals surface area contributed by atoms with Gasteiger partial charge in [0, 0.05) is 6.54 Å². The third kappa shape index (κ3) is 1.17. The number of rotatable bonds is 2. The van der Waals surface area contributed by atoms with Crippen LogP contribution in [0.5, 0.6) is 0 Å². The summed E-state index contributed by atoms with van der Waals surface area (Å²) in [6.45, 7) is 5.80. The zero-order valence-electron chi connectivity index (χ0n) is 8.21. The summed E-state index contributed by atoms with van der Waals surface area (Å²) in [5.74, 6) is 1.68. The fourth-order valence-corrected chi connectivity index (χ4v) is 2.93. The van der Waals surface area contributed by atoms with Gasteiger partial charge in [-0.05, 0) is 50.2 Å². The van der Waals surface area contributed by atoms with Gasteiger partial charge in [0.05, 0.1) is 0 Å². The lowest BCUT2D eigenvalue weighted by Crippen LogP contribution is -2.20. The number of hydrogen-bond donors (Lipinski definition) is 1. The molecule has 1 aliphatic carbocycles. The molecule has 2 rings (SSSR count). The second-order valence-corrected chi connectivity index (χ2v) is 4.87. The van der Waals surface area contributed by atoms with Crippen LogP contribution in [-0.2, 0) is 0 Å². The van der Waals surface area contributed by atoms with E-state index >= 15 is 0 Å². The van der Waals surface area contributed by atoms with Crippen LogP contribution < -0.4 is 5.73 Å². The van der Waals surface area contributed by atoms with E-state index in [1.807, 2.05) is 0 Å².